The summed E-state index contributed by atoms with van der Waals surface area (Å²) in [6.07, 6.45) is -0.0629. The van der Waals surface area contributed by atoms with Gasteiger partial charge in [0.2, 0.25) is 0 Å². The number of carboxylic acid groups (broad SMARTS) is 1. The van der Waals surface area contributed by atoms with Gasteiger partial charge < -0.3 is 24.4 Å². The van der Waals surface area contributed by atoms with E-state index in [-0.39, 0.29) is 5.75 Å². The van der Waals surface area contributed by atoms with Crippen molar-refractivity contribution in [2.45, 2.75) is 51.9 Å². The van der Waals surface area contributed by atoms with Crippen molar-refractivity contribution >= 4 is 18.7 Å². The minimum atomic E-state index is -0.864. The minimum Gasteiger partial charge on any atom is -0.508 e. The van der Waals surface area contributed by atoms with Crippen molar-refractivity contribution in [3.05, 3.63) is 23.8 Å². The Hall–Kier alpha value is -1.77. The molecular formula is C19H29BN2O5. The number of aromatic hydroxyl groups is 1. The third-order valence-corrected chi connectivity index (χ3v) is 5.79. The van der Waals surface area contributed by atoms with Crippen LogP contribution in [0.15, 0.2) is 18.2 Å². The van der Waals surface area contributed by atoms with Crippen LogP contribution in [-0.4, -0.2) is 70.6 Å². The lowest BCUT2D eigenvalue weighted by Gasteiger charge is -2.32. The highest BCUT2D eigenvalue weighted by Gasteiger charge is 2.51. The number of hydrogen-bond donors (Lipinski definition) is 2. The Morgan fingerprint density at radius 3 is 2.37 bits per heavy atom. The van der Waals surface area contributed by atoms with E-state index in [1.165, 1.54) is 4.90 Å². The fourth-order valence-electron chi connectivity index (χ4n) is 3.48. The summed E-state index contributed by atoms with van der Waals surface area (Å²) in [5.41, 5.74) is 0.886. The summed E-state index contributed by atoms with van der Waals surface area (Å²) in [5, 5.41) is 19.4. The Morgan fingerprint density at radius 1 is 1.07 bits per heavy atom. The molecular weight excluding hydrogens is 347 g/mol. The van der Waals surface area contributed by atoms with E-state index in [1.807, 2.05) is 33.8 Å². The number of hydrogen-bond acceptors (Lipinski definition) is 5. The zero-order valence-electron chi connectivity index (χ0n) is 16.6. The van der Waals surface area contributed by atoms with Crippen molar-refractivity contribution < 1.29 is 24.3 Å². The van der Waals surface area contributed by atoms with Gasteiger partial charge in [0, 0.05) is 32.7 Å². The van der Waals surface area contributed by atoms with Gasteiger partial charge in [0.15, 0.2) is 0 Å². The molecule has 2 fully saturated rings. The fraction of sp³-hybridized carbons (Fsp3) is 0.632. The molecule has 0 atom stereocenters. The summed E-state index contributed by atoms with van der Waals surface area (Å²) in [6.45, 7) is 11.2. The highest BCUT2D eigenvalue weighted by molar-refractivity contribution is 6.62. The zero-order chi connectivity index (χ0) is 19.8. The van der Waals surface area contributed by atoms with Crippen LogP contribution in [-0.2, 0) is 15.9 Å². The molecule has 0 bridgehead atoms. The largest absolute Gasteiger partial charge is 0.508 e. The Balaban J connectivity index is 1.72. The lowest BCUT2D eigenvalue weighted by molar-refractivity contribution is 0.00578. The van der Waals surface area contributed by atoms with Gasteiger partial charge in [-0.25, -0.2) is 4.79 Å². The van der Waals surface area contributed by atoms with Gasteiger partial charge in [0.25, 0.3) is 0 Å². The van der Waals surface area contributed by atoms with E-state index in [2.05, 4.69) is 4.90 Å². The molecule has 7 nitrogen and oxygen atoms in total. The van der Waals surface area contributed by atoms with Gasteiger partial charge in [-0.1, -0.05) is 6.07 Å². The standard InChI is InChI=1S/C19H29BN2O5/c1-18(2)19(3,4)27-20(26-18)15-10-14(11-16(23)12-15)13-21-6-5-7-22(9-8-21)17(24)25/h10-12,23H,5-9,13H2,1-4H3,(H,24,25). The van der Waals surface area contributed by atoms with E-state index in [1.54, 1.807) is 12.1 Å². The molecule has 2 heterocycles. The van der Waals surface area contributed by atoms with Crippen LogP contribution in [0.5, 0.6) is 5.75 Å². The van der Waals surface area contributed by atoms with Gasteiger partial charge in [0.05, 0.1) is 11.2 Å². The monoisotopic (exact) mass is 376 g/mol. The zero-order valence-corrected chi connectivity index (χ0v) is 16.6. The maximum absolute atomic E-state index is 11.2. The molecule has 0 spiro atoms. The van der Waals surface area contributed by atoms with Gasteiger partial charge in [-0.3, -0.25) is 4.90 Å². The molecule has 2 aliphatic heterocycles. The molecule has 0 radical (unpaired) electrons. The second-order valence-corrected chi connectivity index (χ2v) is 8.42. The van der Waals surface area contributed by atoms with Crippen LogP contribution in [0.25, 0.3) is 0 Å². The van der Waals surface area contributed by atoms with E-state index in [4.69, 9.17) is 14.4 Å². The number of nitrogens with zero attached hydrogens (tertiary/aromatic N) is 2. The summed E-state index contributed by atoms with van der Waals surface area (Å²) in [7, 11) is -0.521. The lowest BCUT2D eigenvalue weighted by Crippen LogP contribution is -2.41. The van der Waals surface area contributed by atoms with Crippen LogP contribution in [0, 0.1) is 0 Å². The van der Waals surface area contributed by atoms with E-state index in [0.717, 1.165) is 24.0 Å². The number of phenolic OH excluding ortho intramolecular Hbond substituents is 1. The van der Waals surface area contributed by atoms with Crippen LogP contribution >= 0.6 is 0 Å². The van der Waals surface area contributed by atoms with Crippen LogP contribution in [0.3, 0.4) is 0 Å². The van der Waals surface area contributed by atoms with E-state index < -0.39 is 24.4 Å². The summed E-state index contributed by atoms with van der Waals surface area (Å²) in [4.78, 5) is 14.8. The molecule has 27 heavy (non-hydrogen) atoms. The Labute approximate surface area is 161 Å². The normalized spacial score (nSPS) is 22.7. The van der Waals surface area contributed by atoms with E-state index in [9.17, 15) is 9.90 Å². The Morgan fingerprint density at radius 2 is 1.74 bits per heavy atom. The van der Waals surface area contributed by atoms with Gasteiger partial charge in [-0.05, 0) is 57.3 Å². The summed E-state index contributed by atoms with van der Waals surface area (Å²) >= 11 is 0. The van der Waals surface area contributed by atoms with Crippen LogP contribution in [0.4, 0.5) is 4.79 Å². The highest BCUT2D eigenvalue weighted by Crippen LogP contribution is 2.36. The quantitative estimate of drug-likeness (QED) is 0.784. The highest BCUT2D eigenvalue weighted by atomic mass is 16.7. The van der Waals surface area contributed by atoms with Crippen molar-refractivity contribution in [2.24, 2.45) is 0 Å². The maximum atomic E-state index is 11.2. The fourth-order valence-corrected chi connectivity index (χ4v) is 3.48. The van der Waals surface area contributed by atoms with Gasteiger partial charge >= 0.3 is 13.2 Å². The molecule has 3 rings (SSSR count). The average molecular weight is 376 g/mol. The molecule has 1 aromatic carbocycles. The first-order valence-electron chi connectivity index (χ1n) is 9.46. The Bertz CT molecular complexity index is 693. The molecule has 1 aromatic rings. The molecule has 2 N–H and O–H groups in total. The number of carbonyl (C=O) groups is 1. The topological polar surface area (TPSA) is 82.5 Å². The third-order valence-electron chi connectivity index (χ3n) is 5.79. The van der Waals surface area contributed by atoms with Gasteiger partial charge in [-0.15, -0.1) is 0 Å². The smallest absolute Gasteiger partial charge is 0.494 e. The lowest BCUT2D eigenvalue weighted by atomic mass is 9.78. The van der Waals surface area contributed by atoms with Crippen LogP contribution in [0.2, 0.25) is 0 Å². The molecule has 8 heteroatoms. The van der Waals surface area contributed by atoms with Crippen molar-refractivity contribution in [1.29, 1.82) is 0 Å². The SMILES string of the molecule is CC1(C)OB(c2cc(O)cc(CN3CCCN(C(=O)O)CC3)c2)OC1(C)C. The molecule has 0 aliphatic carbocycles. The maximum Gasteiger partial charge on any atom is 0.494 e. The molecule has 0 saturated carbocycles. The average Bonchev–Trinajstić information content (AvgIpc) is 2.71. The molecule has 2 saturated heterocycles. The molecule has 0 aromatic heterocycles. The second-order valence-electron chi connectivity index (χ2n) is 8.42. The predicted molar refractivity (Wildman–Crippen MR) is 103 cm³/mol. The predicted octanol–water partition coefficient (Wildman–Crippen LogP) is 1.88. The number of benzene rings is 1. The van der Waals surface area contributed by atoms with Crippen molar-refractivity contribution in [1.82, 2.24) is 9.80 Å². The van der Waals surface area contributed by atoms with Crippen molar-refractivity contribution in [2.75, 3.05) is 26.2 Å². The van der Waals surface area contributed by atoms with Crippen LogP contribution < -0.4 is 5.46 Å². The first-order valence-corrected chi connectivity index (χ1v) is 9.46. The number of phenols is 1. The van der Waals surface area contributed by atoms with Gasteiger partial charge in [0.1, 0.15) is 5.75 Å². The summed E-state index contributed by atoms with van der Waals surface area (Å²) in [6, 6.07) is 5.43. The molecule has 0 unspecified atom stereocenters. The Kier molecular flexibility index (Phi) is 5.43. The second kappa shape index (κ2) is 7.33. The van der Waals surface area contributed by atoms with E-state index in [0.29, 0.717) is 26.2 Å². The van der Waals surface area contributed by atoms with Crippen LogP contribution in [0.1, 0.15) is 39.7 Å². The number of amides is 1. The van der Waals surface area contributed by atoms with E-state index >= 15 is 0 Å². The summed E-state index contributed by atoms with van der Waals surface area (Å²) in [5.74, 6) is 0.180. The first-order chi connectivity index (χ1) is 12.6. The number of rotatable bonds is 3. The van der Waals surface area contributed by atoms with Crippen molar-refractivity contribution in [3.8, 4) is 5.75 Å². The molecule has 148 valence electrons. The molecule has 2 aliphatic rings. The first kappa shape index (κ1) is 20.0. The summed E-state index contributed by atoms with van der Waals surface area (Å²) < 4.78 is 12.2. The van der Waals surface area contributed by atoms with Gasteiger partial charge in [-0.2, -0.15) is 0 Å². The third kappa shape index (κ3) is 4.39. The molecule has 1 amide bonds. The van der Waals surface area contributed by atoms with Crippen molar-refractivity contribution in [3.63, 3.8) is 0 Å². The minimum absolute atomic E-state index is 0.180.